The van der Waals surface area contributed by atoms with Gasteiger partial charge in [-0.2, -0.15) is 0 Å². The minimum Gasteiger partial charge on any atom is -0.345 e. The molecule has 1 aromatic heterocycles. The molecule has 0 saturated heterocycles. The third kappa shape index (κ3) is 1.39. The van der Waals surface area contributed by atoms with Crippen LogP contribution in [0.25, 0.3) is 0 Å². The zero-order chi connectivity index (χ0) is 9.42. The maximum Gasteiger partial charge on any atom is 0.0486 e. The van der Waals surface area contributed by atoms with E-state index in [1.807, 2.05) is 0 Å². The van der Waals surface area contributed by atoms with Crippen LogP contribution in [0.2, 0.25) is 0 Å². The fourth-order valence-electron chi connectivity index (χ4n) is 2.49. The summed E-state index contributed by atoms with van der Waals surface area (Å²) in [4.78, 5) is 0. The van der Waals surface area contributed by atoms with Gasteiger partial charge in [0.25, 0.3) is 0 Å². The van der Waals surface area contributed by atoms with Crippen LogP contribution in [0.15, 0.2) is 12.1 Å². The first-order chi connectivity index (χ1) is 6.20. The van der Waals surface area contributed by atoms with Crippen molar-refractivity contribution in [1.29, 1.82) is 0 Å². The SMILES string of the molecule is Cc1ccc(C)n1C1CCCC1N. The standard InChI is InChI=1S/C11H18N2/c1-8-6-7-9(2)13(8)11-5-3-4-10(11)12/h6-7,10-11H,3-5,12H2,1-2H3. The van der Waals surface area contributed by atoms with Crippen LogP contribution >= 0.6 is 0 Å². The van der Waals surface area contributed by atoms with Crippen LogP contribution in [0.4, 0.5) is 0 Å². The summed E-state index contributed by atoms with van der Waals surface area (Å²) < 4.78 is 2.40. The number of hydrogen-bond donors (Lipinski definition) is 1. The highest BCUT2D eigenvalue weighted by Gasteiger charge is 2.26. The molecule has 1 aromatic rings. The van der Waals surface area contributed by atoms with Crippen molar-refractivity contribution in [3.8, 4) is 0 Å². The van der Waals surface area contributed by atoms with Gasteiger partial charge in [-0.1, -0.05) is 0 Å². The van der Waals surface area contributed by atoms with Crippen molar-refractivity contribution in [3.05, 3.63) is 23.5 Å². The second kappa shape index (κ2) is 3.18. The molecule has 2 rings (SSSR count). The first-order valence-electron chi connectivity index (χ1n) is 5.10. The molecule has 1 fully saturated rings. The maximum absolute atomic E-state index is 6.09. The van der Waals surface area contributed by atoms with E-state index in [9.17, 15) is 0 Å². The first kappa shape index (κ1) is 8.82. The summed E-state index contributed by atoms with van der Waals surface area (Å²) in [5.41, 5.74) is 8.78. The number of rotatable bonds is 1. The number of aryl methyl sites for hydroxylation is 2. The molecule has 72 valence electrons. The predicted octanol–water partition coefficient (Wildman–Crippen LogP) is 2.16. The van der Waals surface area contributed by atoms with Crippen molar-refractivity contribution >= 4 is 0 Å². The van der Waals surface area contributed by atoms with E-state index < -0.39 is 0 Å². The molecular weight excluding hydrogens is 160 g/mol. The Morgan fingerprint density at radius 2 is 1.85 bits per heavy atom. The molecule has 0 spiro atoms. The fourth-order valence-corrected chi connectivity index (χ4v) is 2.49. The van der Waals surface area contributed by atoms with E-state index in [0.29, 0.717) is 12.1 Å². The van der Waals surface area contributed by atoms with Crippen LogP contribution in [-0.4, -0.2) is 10.6 Å². The van der Waals surface area contributed by atoms with Crippen LogP contribution in [-0.2, 0) is 0 Å². The lowest BCUT2D eigenvalue weighted by Crippen LogP contribution is -2.28. The van der Waals surface area contributed by atoms with Crippen molar-refractivity contribution < 1.29 is 0 Å². The Kier molecular flexibility index (Phi) is 2.16. The Morgan fingerprint density at radius 3 is 2.31 bits per heavy atom. The molecule has 13 heavy (non-hydrogen) atoms. The number of hydrogen-bond acceptors (Lipinski definition) is 1. The Labute approximate surface area is 79.7 Å². The average molecular weight is 178 g/mol. The normalized spacial score (nSPS) is 28.2. The van der Waals surface area contributed by atoms with Gasteiger partial charge in [0.15, 0.2) is 0 Å². The van der Waals surface area contributed by atoms with E-state index in [-0.39, 0.29) is 0 Å². The molecule has 2 unspecified atom stereocenters. The van der Waals surface area contributed by atoms with Gasteiger partial charge in [0.05, 0.1) is 0 Å². The molecule has 0 amide bonds. The van der Waals surface area contributed by atoms with Crippen LogP contribution < -0.4 is 5.73 Å². The monoisotopic (exact) mass is 178 g/mol. The van der Waals surface area contributed by atoms with Gasteiger partial charge in [0.2, 0.25) is 0 Å². The van der Waals surface area contributed by atoms with Crippen LogP contribution in [0.1, 0.15) is 36.7 Å². The summed E-state index contributed by atoms with van der Waals surface area (Å²) in [6.45, 7) is 4.33. The van der Waals surface area contributed by atoms with E-state index in [2.05, 4.69) is 30.5 Å². The minimum atomic E-state index is 0.366. The minimum absolute atomic E-state index is 0.366. The third-order valence-corrected chi connectivity index (χ3v) is 3.19. The smallest absolute Gasteiger partial charge is 0.0486 e. The molecule has 0 bridgehead atoms. The van der Waals surface area contributed by atoms with Crippen molar-refractivity contribution in [2.24, 2.45) is 5.73 Å². The zero-order valence-corrected chi connectivity index (χ0v) is 8.46. The summed E-state index contributed by atoms with van der Waals surface area (Å²) in [7, 11) is 0. The summed E-state index contributed by atoms with van der Waals surface area (Å²) in [5.74, 6) is 0. The zero-order valence-electron chi connectivity index (χ0n) is 8.46. The Bertz CT molecular complexity index is 282. The number of nitrogens with zero attached hydrogens (tertiary/aromatic N) is 1. The van der Waals surface area contributed by atoms with Gasteiger partial charge >= 0.3 is 0 Å². The largest absolute Gasteiger partial charge is 0.345 e. The molecule has 1 heterocycles. The molecule has 1 saturated carbocycles. The molecule has 2 N–H and O–H groups in total. The highest BCUT2D eigenvalue weighted by Crippen LogP contribution is 2.31. The molecule has 2 nitrogen and oxygen atoms in total. The molecule has 2 heteroatoms. The van der Waals surface area contributed by atoms with Gasteiger partial charge in [-0.3, -0.25) is 0 Å². The lowest BCUT2D eigenvalue weighted by atomic mass is 10.2. The van der Waals surface area contributed by atoms with Crippen molar-refractivity contribution in [1.82, 2.24) is 4.57 Å². The average Bonchev–Trinajstić information content (AvgIpc) is 2.60. The van der Waals surface area contributed by atoms with Crippen LogP contribution in [0.3, 0.4) is 0 Å². The summed E-state index contributed by atoms with van der Waals surface area (Å²) >= 11 is 0. The summed E-state index contributed by atoms with van der Waals surface area (Å²) in [6.07, 6.45) is 3.71. The van der Waals surface area contributed by atoms with Crippen molar-refractivity contribution in [2.45, 2.75) is 45.2 Å². The van der Waals surface area contributed by atoms with E-state index in [0.717, 1.165) is 0 Å². The molecule has 0 aromatic carbocycles. The van der Waals surface area contributed by atoms with Gasteiger partial charge in [0, 0.05) is 23.5 Å². The molecule has 1 aliphatic rings. The lowest BCUT2D eigenvalue weighted by molar-refractivity contribution is 0.448. The second-order valence-corrected chi connectivity index (χ2v) is 4.15. The number of aromatic nitrogens is 1. The summed E-state index contributed by atoms with van der Waals surface area (Å²) in [6, 6.07) is 5.28. The quantitative estimate of drug-likeness (QED) is 0.702. The summed E-state index contributed by atoms with van der Waals surface area (Å²) in [5, 5.41) is 0. The maximum atomic E-state index is 6.09. The molecular formula is C11H18N2. The Balaban J connectivity index is 2.33. The second-order valence-electron chi connectivity index (χ2n) is 4.15. The number of nitrogens with two attached hydrogens (primary N) is 1. The Hall–Kier alpha value is -0.760. The van der Waals surface area contributed by atoms with E-state index in [1.165, 1.54) is 30.7 Å². The van der Waals surface area contributed by atoms with Gasteiger partial charge in [-0.15, -0.1) is 0 Å². The fraction of sp³-hybridized carbons (Fsp3) is 0.636. The van der Waals surface area contributed by atoms with E-state index in [4.69, 9.17) is 5.73 Å². The van der Waals surface area contributed by atoms with Crippen molar-refractivity contribution in [2.75, 3.05) is 0 Å². The van der Waals surface area contributed by atoms with E-state index in [1.54, 1.807) is 0 Å². The third-order valence-electron chi connectivity index (χ3n) is 3.19. The first-order valence-corrected chi connectivity index (χ1v) is 5.10. The van der Waals surface area contributed by atoms with Gasteiger partial charge in [-0.05, 0) is 45.2 Å². The topological polar surface area (TPSA) is 30.9 Å². The molecule has 0 radical (unpaired) electrons. The van der Waals surface area contributed by atoms with Gasteiger partial charge in [0.1, 0.15) is 0 Å². The molecule has 2 atom stereocenters. The highest BCUT2D eigenvalue weighted by atomic mass is 15.1. The van der Waals surface area contributed by atoms with E-state index >= 15 is 0 Å². The van der Waals surface area contributed by atoms with Crippen LogP contribution in [0.5, 0.6) is 0 Å². The van der Waals surface area contributed by atoms with Crippen molar-refractivity contribution in [3.63, 3.8) is 0 Å². The highest BCUT2D eigenvalue weighted by molar-refractivity contribution is 5.16. The van der Waals surface area contributed by atoms with Gasteiger partial charge < -0.3 is 10.3 Å². The predicted molar refractivity (Wildman–Crippen MR) is 54.8 cm³/mol. The van der Waals surface area contributed by atoms with Gasteiger partial charge in [-0.25, -0.2) is 0 Å². The Morgan fingerprint density at radius 1 is 1.23 bits per heavy atom. The van der Waals surface area contributed by atoms with Crippen LogP contribution in [0, 0.1) is 13.8 Å². The lowest BCUT2D eigenvalue weighted by Gasteiger charge is -2.21. The molecule has 1 aliphatic carbocycles. The molecule has 0 aliphatic heterocycles.